The first kappa shape index (κ1) is 17.2. The molecule has 134 valence electrons. The van der Waals surface area contributed by atoms with E-state index >= 15 is 0 Å². The topological polar surface area (TPSA) is 46.0 Å². The number of halogens is 2. The maximum absolute atomic E-state index is 13.3. The van der Waals surface area contributed by atoms with E-state index in [0.717, 1.165) is 28.1 Å². The Balaban J connectivity index is 1.82. The molecule has 0 saturated carbocycles. The van der Waals surface area contributed by atoms with Gasteiger partial charge < -0.3 is 4.74 Å². The quantitative estimate of drug-likeness (QED) is 0.702. The number of fused-ring (bicyclic) bond motifs is 1. The van der Waals surface area contributed by atoms with E-state index in [1.54, 1.807) is 31.4 Å². The van der Waals surface area contributed by atoms with Crippen LogP contribution in [0.4, 0.5) is 10.1 Å². The summed E-state index contributed by atoms with van der Waals surface area (Å²) in [5, 5.41) is 5.11. The summed E-state index contributed by atoms with van der Waals surface area (Å²) < 4.78 is 18.5. The van der Waals surface area contributed by atoms with Crippen LogP contribution in [0.2, 0.25) is 5.02 Å². The zero-order valence-electron chi connectivity index (χ0n) is 14.4. The van der Waals surface area contributed by atoms with Crippen molar-refractivity contribution in [3.8, 4) is 5.75 Å². The van der Waals surface area contributed by atoms with E-state index in [1.165, 1.54) is 12.1 Å². The molecule has 1 heterocycles. The third-order valence-electron chi connectivity index (χ3n) is 4.20. The van der Waals surface area contributed by atoms with Gasteiger partial charge in [0, 0.05) is 21.7 Å². The lowest BCUT2D eigenvalue weighted by Gasteiger charge is -2.08. The summed E-state index contributed by atoms with van der Waals surface area (Å²) in [5.74, 6) is 1.05. The minimum absolute atomic E-state index is 0.303. The number of benzene rings is 3. The lowest BCUT2D eigenvalue weighted by Crippen LogP contribution is -2.19. The molecule has 1 N–H and O–H groups in total. The molecule has 0 bridgehead atoms. The number of ether oxygens (including phenoxy) is 1. The number of methoxy groups -OCH3 is 1. The molecule has 1 aliphatic rings. The maximum Gasteiger partial charge on any atom is 0.154 e. The summed E-state index contributed by atoms with van der Waals surface area (Å²) in [5.41, 5.74) is 6.78. The van der Waals surface area contributed by atoms with Crippen LogP contribution in [0.15, 0.2) is 76.8 Å². The third-order valence-corrected chi connectivity index (χ3v) is 4.44. The lowest BCUT2D eigenvalue weighted by molar-refractivity contribution is 0.415. The molecule has 0 aromatic heterocycles. The van der Waals surface area contributed by atoms with Crippen molar-refractivity contribution in [1.29, 1.82) is 0 Å². The number of hydrogen-bond donors (Lipinski definition) is 1. The minimum Gasteiger partial charge on any atom is -0.497 e. The van der Waals surface area contributed by atoms with E-state index in [2.05, 4.69) is 10.5 Å². The highest BCUT2D eigenvalue weighted by Gasteiger charge is 2.18. The zero-order chi connectivity index (χ0) is 18.8. The van der Waals surface area contributed by atoms with E-state index in [0.29, 0.717) is 16.6 Å². The van der Waals surface area contributed by atoms with Crippen LogP contribution in [0, 0.1) is 5.82 Å². The second-order valence-electron chi connectivity index (χ2n) is 5.93. The van der Waals surface area contributed by atoms with Crippen LogP contribution in [0.3, 0.4) is 0 Å². The molecule has 3 aromatic rings. The average Bonchev–Trinajstić information content (AvgIpc) is 2.88. The highest BCUT2D eigenvalue weighted by molar-refractivity contribution is 6.31. The van der Waals surface area contributed by atoms with Crippen molar-refractivity contribution in [2.75, 3.05) is 7.11 Å². The van der Waals surface area contributed by atoms with Gasteiger partial charge in [-0.25, -0.2) is 9.38 Å². The molecule has 0 radical (unpaired) electrons. The fraction of sp³-hybridized carbons (Fsp3) is 0.0476. The Morgan fingerprint density at radius 2 is 1.63 bits per heavy atom. The monoisotopic (exact) mass is 379 g/mol. The lowest BCUT2D eigenvalue weighted by atomic mass is 10.0. The van der Waals surface area contributed by atoms with Crippen LogP contribution in [0.25, 0.3) is 0 Å². The van der Waals surface area contributed by atoms with Crippen molar-refractivity contribution in [3.05, 3.63) is 94.3 Å². The summed E-state index contributed by atoms with van der Waals surface area (Å²) in [6, 6.07) is 19.1. The predicted molar refractivity (Wildman–Crippen MR) is 106 cm³/mol. The van der Waals surface area contributed by atoms with Gasteiger partial charge in [0.25, 0.3) is 0 Å². The Morgan fingerprint density at radius 3 is 2.33 bits per heavy atom. The summed E-state index contributed by atoms with van der Waals surface area (Å²) in [4.78, 5) is 4.72. The second-order valence-corrected chi connectivity index (χ2v) is 6.37. The molecule has 3 aromatic carbocycles. The molecule has 27 heavy (non-hydrogen) atoms. The summed E-state index contributed by atoms with van der Waals surface area (Å²) >= 11 is 6.20. The van der Waals surface area contributed by atoms with Crippen molar-refractivity contribution in [2.24, 2.45) is 10.1 Å². The Hall–Kier alpha value is -3.18. The Morgan fingerprint density at radius 1 is 0.926 bits per heavy atom. The Labute approximate surface area is 161 Å². The van der Waals surface area contributed by atoms with Crippen LogP contribution in [0.5, 0.6) is 5.75 Å². The van der Waals surface area contributed by atoms with Crippen LogP contribution < -0.4 is 10.2 Å². The third kappa shape index (κ3) is 3.55. The number of nitrogens with one attached hydrogen (secondary N) is 1. The van der Waals surface area contributed by atoms with E-state index in [1.807, 2.05) is 30.3 Å². The first-order valence-electron chi connectivity index (χ1n) is 8.27. The van der Waals surface area contributed by atoms with E-state index in [-0.39, 0.29) is 5.82 Å². The Bertz CT molecular complexity index is 1040. The van der Waals surface area contributed by atoms with Gasteiger partial charge in [-0.2, -0.15) is 5.10 Å². The van der Waals surface area contributed by atoms with Gasteiger partial charge in [-0.05, 0) is 66.7 Å². The predicted octanol–water partition coefficient (Wildman–Crippen LogP) is 4.92. The fourth-order valence-corrected chi connectivity index (χ4v) is 2.99. The van der Waals surface area contributed by atoms with Gasteiger partial charge in [-0.15, -0.1) is 0 Å². The first-order valence-corrected chi connectivity index (χ1v) is 8.64. The summed E-state index contributed by atoms with van der Waals surface area (Å²) in [6.07, 6.45) is 0. The van der Waals surface area contributed by atoms with Gasteiger partial charge in [-0.1, -0.05) is 11.6 Å². The molecule has 0 fully saturated rings. The molecule has 0 aliphatic carbocycles. The van der Waals surface area contributed by atoms with Gasteiger partial charge in [-0.3, -0.25) is 5.43 Å². The molecule has 0 atom stereocenters. The SMILES string of the molecule is COc1ccc(C2=Nc3ccc(Cl)cc3C(c3ccc(F)cc3)=NN2)cc1. The number of hydrazone groups is 1. The molecule has 4 rings (SSSR count). The van der Waals surface area contributed by atoms with E-state index in [4.69, 9.17) is 21.3 Å². The molecular weight excluding hydrogens is 365 g/mol. The molecule has 0 spiro atoms. The van der Waals surface area contributed by atoms with E-state index in [9.17, 15) is 4.39 Å². The van der Waals surface area contributed by atoms with Crippen molar-refractivity contribution >= 4 is 28.8 Å². The highest BCUT2D eigenvalue weighted by Crippen LogP contribution is 2.29. The highest BCUT2D eigenvalue weighted by atomic mass is 35.5. The fourth-order valence-electron chi connectivity index (χ4n) is 2.82. The maximum atomic E-state index is 13.3. The second kappa shape index (κ2) is 7.21. The average molecular weight is 380 g/mol. The number of amidine groups is 1. The number of aliphatic imine (C=N–C) groups is 1. The van der Waals surface area contributed by atoms with Crippen LogP contribution in [-0.4, -0.2) is 18.7 Å². The van der Waals surface area contributed by atoms with Gasteiger partial charge in [0.2, 0.25) is 0 Å². The van der Waals surface area contributed by atoms with Gasteiger partial charge in [0.15, 0.2) is 5.84 Å². The number of rotatable bonds is 3. The zero-order valence-corrected chi connectivity index (χ0v) is 15.2. The van der Waals surface area contributed by atoms with Gasteiger partial charge in [0.1, 0.15) is 17.3 Å². The molecule has 6 heteroatoms. The normalized spacial score (nSPS) is 13.0. The molecular formula is C21H15ClFN3O. The molecule has 0 amide bonds. The van der Waals surface area contributed by atoms with Gasteiger partial charge in [0.05, 0.1) is 12.8 Å². The molecule has 1 aliphatic heterocycles. The summed E-state index contributed by atoms with van der Waals surface area (Å²) in [6.45, 7) is 0. The van der Waals surface area contributed by atoms with Gasteiger partial charge >= 0.3 is 0 Å². The summed E-state index contributed by atoms with van der Waals surface area (Å²) in [7, 11) is 1.62. The largest absolute Gasteiger partial charge is 0.497 e. The number of hydrogen-bond acceptors (Lipinski definition) is 4. The van der Waals surface area contributed by atoms with Crippen molar-refractivity contribution in [1.82, 2.24) is 5.43 Å². The first-order chi connectivity index (χ1) is 13.1. The van der Waals surface area contributed by atoms with Crippen molar-refractivity contribution < 1.29 is 9.13 Å². The minimum atomic E-state index is -0.303. The van der Waals surface area contributed by atoms with Crippen molar-refractivity contribution in [3.63, 3.8) is 0 Å². The smallest absolute Gasteiger partial charge is 0.154 e. The Kier molecular flexibility index (Phi) is 4.60. The molecule has 4 nitrogen and oxygen atoms in total. The van der Waals surface area contributed by atoms with Crippen molar-refractivity contribution in [2.45, 2.75) is 0 Å². The standard InChI is InChI=1S/C21H15ClFN3O/c1-27-17-9-4-14(5-10-17)21-24-19-11-6-15(22)12-18(19)20(25-26-21)13-2-7-16(23)8-3-13/h2-12H,1H3,(H,24,26). The molecule has 0 unspecified atom stereocenters. The number of nitrogens with zero attached hydrogens (tertiary/aromatic N) is 2. The van der Waals surface area contributed by atoms with E-state index < -0.39 is 0 Å². The molecule has 0 saturated heterocycles. The van der Waals surface area contributed by atoms with Crippen LogP contribution >= 0.6 is 11.6 Å². The van der Waals surface area contributed by atoms with Crippen LogP contribution in [-0.2, 0) is 0 Å². The van der Waals surface area contributed by atoms with Crippen LogP contribution in [0.1, 0.15) is 16.7 Å².